The average Bonchev–Trinajstić information content (AvgIpc) is 2.96. The van der Waals surface area contributed by atoms with Crippen LogP contribution in [0.1, 0.15) is 17.8 Å². The Hall–Kier alpha value is -2.10. The lowest BCUT2D eigenvalue weighted by atomic mass is 10.3. The van der Waals surface area contributed by atoms with Crippen molar-refractivity contribution in [3.05, 3.63) is 47.9 Å². The summed E-state index contributed by atoms with van der Waals surface area (Å²) in [5, 5.41) is 6.02. The Labute approximate surface area is 171 Å². The van der Waals surface area contributed by atoms with E-state index in [1.165, 1.54) is 5.69 Å². The van der Waals surface area contributed by atoms with Crippen LogP contribution in [0.15, 0.2) is 41.5 Å². The number of carbonyl (C=O) groups is 1. The molecule has 0 unspecified atom stereocenters. The highest BCUT2D eigenvalue weighted by Gasteiger charge is 2.09. The van der Waals surface area contributed by atoms with Crippen LogP contribution in [0.3, 0.4) is 0 Å². The highest BCUT2D eigenvalue weighted by molar-refractivity contribution is 14.0. The molecular formula is C18H27IN6O. The number of nitrogens with one attached hydrogen (secondary N) is 2. The zero-order valence-corrected chi connectivity index (χ0v) is 18.0. The lowest BCUT2D eigenvalue weighted by molar-refractivity contribution is -0.116. The number of carbonyl (C=O) groups excluding carboxylic acids is 1. The van der Waals surface area contributed by atoms with Crippen LogP contribution in [-0.4, -0.2) is 47.0 Å². The fraction of sp³-hybridized carbons (Fsp3) is 0.389. The molecule has 2 N–H and O–H groups in total. The highest BCUT2D eigenvalue weighted by Crippen LogP contribution is 2.05. The van der Waals surface area contributed by atoms with E-state index in [2.05, 4.69) is 31.2 Å². The van der Waals surface area contributed by atoms with Gasteiger partial charge in [-0.2, -0.15) is 0 Å². The molecular weight excluding hydrogens is 443 g/mol. The minimum Gasteiger partial charge on any atom is -0.356 e. The number of amides is 1. The normalized spacial score (nSPS) is 10.8. The molecule has 0 spiro atoms. The first-order valence-corrected chi connectivity index (χ1v) is 8.25. The van der Waals surface area contributed by atoms with Gasteiger partial charge in [-0.3, -0.25) is 9.79 Å². The van der Waals surface area contributed by atoms with Crippen molar-refractivity contribution in [2.75, 3.05) is 26.0 Å². The summed E-state index contributed by atoms with van der Waals surface area (Å²) < 4.78 is 2.08. The molecule has 2 aromatic rings. The summed E-state index contributed by atoms with van der Waals surface area (Å²) in [5.74, 6) is 1.25. The number of aliphatic imine (C=N–C) groups is 1. The standard InChI is InChI=1S/C18H26N6O.HI/c1-14-7-5-9-16(21-14)22-17(25)10-11-20-18(19-2)24(4)13-15-8-6-12-23(15)3;/h5-9,12H,10-11,13H2,1-4H3,(H,19,20)(H,21,22,25);1H. The zero-order valence-electron chi connectivity index (χ0n) is 15.7. The van der Waals surface area contributed by atoms with Crippen molar-refractivity contribution in [2.45, 2.75) is 19.9 Å². The third-order valence-corrected chi connectivity index (χ3v) is 3.81. The van der Waals surface area contributed by atoms with Gasteiger partial charge >= 0.3 is 0 Å². The molecule has 7 nitrogen and oxygen atoms in total. The second kappa shape index (κ2) is 10.8. The Morgan fingerprint density at radius 1 is 1.31 bits per heavy atom. The number of hydrogen-bond acceptors (Lipinski definition) is 3. The minimum atomic E-state index is -0.0776. The molecule has 0 aromatic carbocycles. The third-order valence-electron chi connectivity index (χ3n) is 3.81. The molecule has 0 aliphatic rings. The molecule has 0 bridgehead atoms. The second-order valence-corrected chi connectivity index (χ2v) is 5.90. The van der Waals surface area contributed by atoms with E-state index in [0.717, 1.165) is 18.2 Å². The van der Waals surface area contributed by atoms with Crippen LogP contribution in [0.25, 0.3) is 0 Å². The topological polar surface area (TPSA) is 74.5 Å². The van der Waals surface area contributed by atoms with Gasteiger partial charge in [0, 0.05) is 51.7 Å². The van der Waals surface area contributed by atoms with Crippen molar-refractivity contribution in [2.24, 2.45) is 12.0 Å². The summed E-state index contributed by atoms with van der Waals surface area (Å²) in [5.41, 5.74) is 2.06. The molecule has 26 heavy (non-hydrogen) atoms. The molecule has 0 saturated heterocycles. The number of halogens is 1. The summed E-state index contributed by atoms with van der Waals surface area (Å²) in [6.07, 6.45) is 2.36. The Kier molecular flexibility index (Phi) is 9.11. The van der Waals surface area contributed by atoms with Gasteiger partial charge in [-0.15, -0.1) is 24.0 Å². The molecule has 1 amide bonds. The Morgan fingerprint density at radius 3 is 2.69 bits per heavy atom. The number of anilines is 1. The molecule has 8 heteroatoms. The fourth-order valence-electron chi connectivity index (χ4n) is 2.47. The highest BCUT2D eigenvalue weighted by atomic mass is 127. The summed E-state index contributed by atoms with van der Waals surface area (Å²) in [6.45, 7) is 3.13. The van der Waals surface area contributed by atoms with E-state index in [9.17, 15) is 4.79 Å². The minimum absolute atomic E-state index is 0. The van der Waals surface area contributed by atoms with Crippen molar-refractivity contribution >= 4 is 41.7 Å². The molecule has 0 atom stereocenters. The van der Waals surface area contributed by atoms with Crippen molar-refractivity contribution in [1.82, 2.24) is 19.8 Å². The lowest BCUT2D eigenvalue weighted by Gasteiger charge is -2.22. The Balaban J connectivity index is 0.00000338. The SMILES string of the molecule is CN=C(NCCC(=O)Nc1cccc(C)n1)N(C)Cc1cccn1C.I. The number of aryl methyl sites for hydroxylation is 2. The molecule has 0 fully saturated rings. The predicted molar refractivity (Wildman–Crippen MR) is 116 cm³/mol. The third kappa shape index (κ3) is 6.66. The van der Waals surface area contributed by atoms with E-state index in [-0.39, 0.29) is 29.9 Å². The van der Waals surface area contributed by atoms with Gasteiger partial charge in [-0.05, 0) is 31.2 Å². The van der Waals surface area contributed by atoms with Crippen LogP contribution in [0, 0.1) is 6.92 Å². The maximum absolute atomic E-state index is 12.0. The van der Waals surface area contributed by atoms with Crippen molar-refractivity contribution in [3.63, 3.8) is 0 Å². The van der Waals surface area contributed by atoms with Gasteiger partial charge in [-0.25, -0.2) is 4.98 Å². The number of aromatic nitrogens is 2. The first-order chi connectivity index (χ1) is 12.0. The van der Waals surface area contributed by atoms with Gasteiger partial charge in [0.25, 0.3) is 0 Å². The smallest absolute Gasteiger partial charge is 0.227 e. The van der Waals surface area contributed by atoms with Crippen LogP contribution < -0.4 is 10.6 Å². The maximum Gasteiger partial charge on any atom is 0.227 e. The van der Waals surface area contributed by atoms with Gasteiger partial charge in [-0.1, -0.05) is 6.07 Å². The molecule has 2 aromatic heterocycles. The number of rotatable bonds is 6. The second-order valence-electron chi connectivity index (χ2n) is 5.90. The number of guanidine groups is 1. The van der Waals surface area contributed by atoms with Gasteiger partial charge < -0.3 is 20.1 Å². The van der Waals surface area contributed by atoms with Crippen LogP contribution >= 0.6 is 24.0 Å². The average molecular weight is 470 g/mol. The van der Waals surface area contributed by atoms with Crippen LogP contribution in [0.4, 0.5) is 5.82 Å². The predicted octanol–water partition coefficient (Wildman–Crippen LogP) is 2.38. The Bertz CT molecular complexity index is 743. The number of pyridine rings is 1. The molecule has 142 valence electrons. The molecule has 2 rings (SSSR count). The summed E-state index contributed by atoms with van der Waals surface area (Å²) in [4.78, 5) is 22.6. The van der Waals surface area contributed by atoms with E-state index in [4.69, 9.17) is 0 Å². The summed E-state index contributed by atoms with van der Waals surface area (Å²) in [6, 6.07) is 9.64. The largest absolute Gasteiger partial charge is 0.356 e. The quantitative estimate of drug-likeness (QED) is 0.387. The van der Waals surface area contributed by atoms with Gasteiger partial charge in [0.05, 0.1) is 6.54 Å². The van der Waals surface area contributed by atoms with Gasteiger partial charge in [0.1, 0.15) is 5.82 Å². The van der Waals surface area contributed by atoms with Crippen molar-refractivity contribution < 1.29 is 4.79 Å². The van der Waals surface area contributed by atoms with Crippen LogP contribution in [0.5, 0.6) is 0 Å². The van der Waals surface area contributed by atoms with E-state index in [0.29, 0.717) is 18.8 Å². The van der Waals surface area contributed by atoms with E-state index >= 15 is 0 Å². The molecule has 0 aliphatic heterocycles. The fourth-order valence-corrected chi connectivity index (χ4v) is 2.47. The van der Waals surface area contributed by atoms with E-state index < -0.39 is 0 Å². The molecule has 0 saturated carbocycles. The lowest BCUT2D eigenvalue weighted by Crippen LogP contribution is -2.40. The van der Waals surface area contributed by atoms with E-state index in [1.807, 2.05) is 50.3 Å². The first-order valence-electron chi connectivity index (χ1n) is 8.25. The van der Waals surface area contributed by atoms with Crippen molar-refractivity contribution in [1.29, 1.82) is 0 Å². The van der Waals surface area contributed by atoms with Crippen LogP contribution in [0.2, 0.25) is 0 Å². The molecule has 0 radical (unpaired) electrons. The summed E-state index contributed by atoms with van der Waals surface area (Å²) in [7, 11) is 5.72. The summed E-state index contributed by atoms with van der Waals surface area (Å²) >= 11 is 0. The van der Waals surface area contributed by atoms with E-state index in [1.54, 1.807) is 13.1 Å². The monoisotopic (exact) mass is 470 g/mol. The Morgan fingerprint density at radius 2 is 2.08 bits per heavy atom. The number of nitrogens with zero attached hydrogens (tertiary/aromatic N) is 4. The molecule has 2 heterocycles. The van der Waals surface area contributed by atoms with Crippen molar-refractivity contribution in [3.8, 4) is 0 Å². The van der Waals surface area contributed by atoms with Gasteiger partial charge in [0.15, 0.2) is 5.96 Å². The van der Waals surface area contributed by atoms with Gasteiger partial charge in [0.2, 0.25) is 5.91 Å². The molecule has 0 aliphatic carbocycles. The van der Waals surface area contributed by atoms with Crippen LogP contribution in [-0.2, 0) is 18.4 Å². The number of hydrogen-bond donors (Lipinski definition) is 2. The maximum atomic E-state index is 12.0. The first kappa shape index (κ1) is 21.9. The zero-order chi connectivity index (χ0) is 18.2.